The van der Waals surface area contributed by atoms with E-state index in [0.717, 1.165) is 30.2 Å². The van der Waals surface area contributed by atoms with Crippen molar-refractivity contribution < 1.29 is 4.79 Å². The van der Waals surface area contributed by atoms with Crippen LogP contribution in [0.3, 0.4) is 0 Å². The summed E-state index contributed by atoms with van der Waals surface area (Å²) < 4.78 is 2.23. The quantitative estimate of drug-likeness (QED) is 0.796. The van der Waals surface area contributed by atoms with Crippen LogP contribution in [0.4, 0.5) is 0 Å². The number of nitrogens with one attached hydrogen (secondary N) is 2. The van der Waals surface area contributed by atoms with Crippen molar-refractivity contribution in [2.45, 2.75) is 37.6 Å². The van der Waals surface area contributed by atoms with Gasteiger partial charge in [0.15, 0.2) is 0 Å². The molecular formula is C18H20BrN3O3. The summed E-state index contributed by atoms with van der Waals surface area (Å²) in [4.78, 5) is 37.2. The third kappa shape index (κ3) is 4.10. The molecule has 0 bridgehead atoms. The second-order valence-electron chi connectivity index (χ2n) is 6.51. The van der Waals surface area contributed by atoms with E-state index in [1.165, 1.54) is 22.4 Å². The number of carbonyl (C=O) groups excluding carboxylic acids is 1. The minimum Gasteiger partial charge on any atom is -0.354 e. The lowest BCUT2D eigenvalue weighted by molar-refractivity contribution is -0.122. The zero-order chi connectivity index (χ0) is 17.9. The third-order valence-electron chi connectivity index (χ3n) is 4.85. The van der Waals surface area contributed by atoms with E-state index < -0.39 is 11.2 Å². The molecule has 1 aromatic carbocycles. The van der Waals surface area contributed by atoms with Crippen molar-refractivity contribution in [3.05, 3.63) is 67.4 Å². The summed E-state index contributed by atoms with van der Waals surface area (Å²) in [5.41, 5.74) is 0.134. The van der Waals surface area contributed by atoms with Gasteiger partial charge >= 0.3 is 5.69 Å². The van der Waals surface area contributed by atoms with E-state index >= 15 is 0 Å². The van der Waals surface area contributed by atoms with Crippen LogP contribution in [0.1, 0.15) is 31.2 Å². The summed E-state index contributed by atoms with van der Waals surface area (Å²) in [5.74, 6) is -0.238. The van der Waals surface area contributed by atoms with Crippen LogP contribution < -0.4 is 16.6 Å². The number of rotatable bonds is 5. The molecule has 1 amide bonds. The Bertz CT molecular complexity index is 864. The fraction of sp³-hybridized carbons (Fsp3) is 0.389. The van der Waals surface area contributed by atoms with Crippen LogP contribution in [0.2, 0.25) is 0 Å². The number of H-pyrrole nitrogens is 1. The Morgan fingerprint density at radius 2 is 1.84 bits per heavy atom. The highest BCUT2D eigenvalue weighted by atomic mass is 79.9. The molecule has 0 spiro atoms. The van der Waals surface area contributed by atoms with Gasteiger partial charge in [-0.15, -0.1) is 0 Å². The first-order chi connectivity index (χ1) is 12.0. The predicted octanol–water partition coefficient (Wildman–Crippen LogP) is 1.93. The van der Waals surface area contributed by atoms with Gasteiger partial charge in [0.05, 0.1) is 0 Å². The van der Waals surface area contributed by atoms with Crippen LogP contribution in [-0.2, 0) is 16.8 Å². The second-order valence-corrected chi connectivity index (χ2v) is 7.42. The minimum atomic E-state index is -0.578. The normalized spacial score (nSPS) is 15.9. The van der Waals surface area contributed by atoms with Gasteiger partial charge in [0.1, 0.15) is 6.54 Å². The average Bonchev–Trinajstić information content (AvgIpc) is 3.06. The first kappa shape index (κ1) is 17.7. The van der Waals surface area contributed by atoms with Crippen LogP contribution in [0.15, 0.2) is 50.6 Å². The van der Waals surface area contributed by atoms with Crippen molar-refractivity contribution in [3.8, 4) is 0 Å². The molecule has 1 aromatic heterocycles. The molecular weight excluding hydrogens is 386 g/mol. The van der Waals surface area contributed by atoms with Crippen LogP contribution >= 0.6 is 15.9 Å². The molecule has 2 N–H and O–H groups in total. The molecule has 1 saturated carbocycles. The van der Waals surface area contributed by atoms with Crippen molar-refractivity contribution in [3.63, 3.8) is 0 Å². The van der Waals surface area contributed by atoms with Crippen molar-refractivity contribution in [1.29, 1.82) is 0 Å². The van der Waals surface area contributed by atoms with Crippen molar-refractivity contribution in [2.75, 3.05) is 6.54 Å². The van der Waals surface area contributed by atoms with Crippen molar-refractivity contribution >= 4 is 21.8 Å². The molecule has 0 unspecified atom stereocenters. The highest BCUT2D eigenvalue weighted by Crippen LogP contribution is 2.40. The summed E-state index contributed by atoms with van der Waals surface area (Å²) >= 11 is 3.46. The number of hydrogen-bond donors (Lipinski definition) is 2. The molecule has 7 heteroatoms. The second kappa shape index (κ2) is 7.39. The van der Waals surface area contributed by atoms with Gasteiger partial charge in [0.2, 0.25) is 5.91 Å². The highest BCUT2D eigenvalue weighted by Gasteiger charge is 2.35. The Hall–Kier alpha value is -2.15. The first-order valence-electron chi connectivity index (χ1n) is 8.31. The zero-order valence-electron chi connectivity index (χ0n) is 13.8. The van der Waals surface area contributed by atoms with Gasteiger partial charge in [-0.25, -0.2) is 4.79 Å². The van der Waals surface area contributed by atoms with Gasteiger partial charge in [-0.1, -0.05) is 40.9 Å². The summed E-state index contributed by atoms with van der Waals surface area (Å²) in [6.45, 7) is 0.442. The molecule has 3 rings (SSSR count). The summed E-state index contributed by atoms with van der Waals surface area (Å²) in [6.07, 6.45) is 5.69. The largest absolute Gasteiger partial charge is 0.354 e. The number of aromatic amines is 1. The smallest absolute Gasteiger partial charge is 0.328 e. The Morgan fingerprint density at radius 3 is 2.48 bits per heavy atom. The molecule has 1 aliphatic rings. The maximum Gasteiger partial charge on any atom is 0.328 e. The Labute approximate surface area is 153 Å². The maximum absolute atomic E-state index is 12.3. The number of amides is 1. The fourth-order valence-electron chi connectivity index (χ4n) is 3.47. The molecule has 1 aliphatic carbocycles. The molecule has 1 heterocycles. The first-order valence-corrected chi connectivity index (χ1v) is 9.10. The lowest BCUT2D eigenvalue weighted by Crippen LogP contribution is -2.42. The van der Waals surface area contributed by atoms with Gasteiger partial charge in [0, 0.05) is 28.7 Å². The van der Waals surface area contributed by atoms with E-state index in [4.69, 9.17) is 0 Å². The molecule has 0 aliphatic heterocycles. The Morgan fingerprint density at radius 1 is 1.16 bits per heavy atom. The average molecular weight is 406 g/mol. The van der Waals surface area contributed by atoms with Crippen molar-refractivity contribution in [1.82, 2.24) is 14.9 Å². The summed E-state index contributed by atoms with van der Waals surface area (Å²) in [7, 11) is 0. The maximum atomic E-state index is 12.3. The lowest BCUT2D eigenvalue weighted by atomic mass is 9.79. The number of halogens is 1. The fourth-order valence-corrected chi connectivity index (χ4v) is 3.73. The SMILES string of the molecule is O=C(Cn1ccc(=O)[nH]c1=O)NCC1(c2ccc(Br)cc2)CCCC1. The molecule has 0 atom stereocenters. The van der Waals surface area contributed by atoms with Crippen LogP contribution in [0.5, 0.6) is 0 Å². The van der Waals surface area contributed by atoms with Gasteiger partial charge in [-0.2, -0.15) is 0 Å². The number of nitrogens with zero attached hydrogens (tertiary/aromatic N) is 1. The topological polar surface area (TPSA) is 84.0 Å². The highest BCUT2D eigenvalue weighted by molar-refractivity contribution is 9.10. The van der Waals surface area contributed by atoms with Gasteiger partial charge in [0.25, 0.3) is 5.56 Å². The van der Waals surface area contributed by atoms with Crippen LogP contribution in [0, 0.1) is 0 Å². The monoisotopic (exact) mass is 405 g/mol. The molecule has 2 aromatic rings. The number of carbonyl (C=O) groups is 1. The number of hydrogen-bond acceptors (Lipinski definition) is 3. The van der Waals surface area contributed by atoms with Gasteiger partial charge in [-0.05, 0) is 30.5 Å². The van der Waals surface area contributed by atoms with Crippen molar-refractivity contribution in [2.24, 2.45) is 0 Å². The van der Waals surface area contributed by atoms with E-state index in [1.807, 2.05) is 12.1 Å². The molecule has 6 nitrogen and oxygen atoms in total. The Balaban J connectivity index is 1.69. The molecule has 1 fully saturated rings. The van der Waals surface area contributed by atoms with E-state index in [1.54, 1.807) is 0 Å². The number of aromatic nitrogens is 2. The lowest BCUT2D eigenvalue weighted by Gasteiger charge is -2.30. The summed E-state index contributed by atoms with van der Waals surface area (Å²) in [5, 5.41) is 2.97. The van der Waals surface area contributed by atoms with Gasteiger partial charge in [-0.3, -0.25) is 19.1 Å². The standard InChI is InChI=1S/C18H20BrN3O3/c19-14-5-3-13(4-6-14)18(8-1-2-9-18)12-20-16(24)11-22-10-7-15(23)21-17(22)25/h3-7,10H,1-2,8-9,11-12H2,(H,20,24)(H,21,23,25). The molecule has 0 radical (unpaired) electrons. The minimum absolute atomic E-state index is 0.0493. The third-order valence-corrected chi connectivity index (χ3v) is 5.38. The zero-order valence-corrected chi connectivity index (χ0v) is 15.3. The molecule has 25 heavy (non-hydrogen) atoms. The molecule has 132 valence electrons. The molecule has 0 saturated heterocycles. The van der Waals surface area contributed by atoms with E-state index in [2.05, 4.69) is 38.4 Å². The predicted molar refractivity (Wildman–Crippen MR) is 98.6 cm³/mol. The van der Waals surface area contributed by atoms with E-state index in [9.17, 15) is 14.4 Å². The van der Waals surface area contributed by atoms with E-state index in [-0.39, 0.29) is 17.9 Å². The number of benzene rings is 1. The van der Waals surface area contributed by atoms with Gasteiger partial charge < -0.3 is 5.32 Å². The van der Waals surface area contributed by atoms with Crippen LogP contribution in [0.25, 0.3) is 0 Å². The van der Waals surface area contributed by atoms with Crippen LogP contribution in [-0.4, -0.2) is 22.0 Å². The Kier molecular flexibility index (Phi) is 5.22. The summed E-state index contributed by atoms with van der Waals surface area (Å²) in [6, 6.07) is 9.49. The van der Waals surface area contributed by atoms with E-state index in [0.29, 0.717) is 6.54 Å².